The summed E-state index contributed by atoms with van der Waals surface area (Å²) in [4.78, 5) is 4.25. The fraction of sp³-hybridized carbons (Fsp3) is 0.0833. The van der Waals surface area contributed by atoms with Gasteiger partial charge in [-0.3, -0.25) is 0 Å². The molecule has 0 fully saturated rings. The average molecular weight is 215 g/mol. The van der Waals surface area contributed by atoms with Gasteiger partial charge in [0.25, 0.3) is 0 Å². The summed E-state index contributed by atoms with van der Waals surface area (Å²) in [5.41, 5.74) is 13.9. The number of aromatic nitrogens is 1. The molecule has 1 aromatic heterocycles. The molecule has 16 heavy (non-hydrogen) atoms. The average Bonchev–Trinajstić information content (AvgIpc) is 2.29. The molecule has 2 aromatic rings. The van der Waals surface area contributed by atoms with Crippen molar-refractivity contribution in [3.05, 3.63) is 36.4 Å². The van der Waals surface area contributed by atoms with Crippen LogP contribution in [0.4, 0.5) is 11.5 Å². The Hall–Kier alpha value is -2.23. The van der Waals surface area contributed by atoms with Gasteiger partial charge in [-0.25, -0.2) is 4.98 Å². The van der Waals surface area contributed by atoms with Crippen molar-refractivity contribution in [3.63, 3.8) is 0 Å². The maximum absolute atomic E-state index is 5.74. The molecule has 4 nitrogen and oxygen atoms in total. The van der Waals surface area contributed by atoms with Gasteiger partial charge in [0.1, 0.15) is 0 Å². The van der Waals surface area contributed by atoms with Gasteiger partial charge in [0.15, 0.2) is 11.6 Å². The van der Waals surface area contributed by atoms with Gasteiger partial charge in [-0.15, -0.1) is 0 Å². The van der Waals surface area contributed by atoms with E-state index in [0.717, 1.165) is 11.3 Å². The maximum Gasteiger partial charge on any atom is 0.166 e. The molecule has 4 N–H and O–H groups in total. The van der Waals surface area contributed by atoms with E-state index in [-0.39, 0.29) is 0 Å². The zero-order valence-corrected chi connectivity index (χ0v) is 8.97. The lowest BCUT2D eigenvalue weighted by Gasteiger charge is -2.06. The molecule has 1 heterocycles. The van der Waals surface area contributed by atoms with Crippen LogP contribution in [0.1, 0.15) is 0 Å². The molecule has 4 heteroatoms. The summed E-state index contributed by atoms with van der Waals surface area (Å²) >= 11 is 0. The second-order valence-corrected chi connectivity index (χ2v) is 3.41. The smallest absolute Gasteiger partial charge is 0.166 e. The Kier molecular flexibility index (Phi) is 2.64. The monoisotopic (exact) mass is 215 g/mol. The highest BCUT2D eigenvalue weighted by molar-refractivity contribution is 5.66. The van der Waals surface area contributed by atoms with E-state index in [9.17, 15) is 0 Å². The second kappa shape index (κ2) is 4.10. The van der Waals surface area contributed by atoms with Gasteiger partial charge in [0.05, 0.1) is 12.8 Å². The topological polar surface area (TPSA) is 74.2 Å². The van der Waals surface area contributed by atoms with E-state index in [1.165, 1.54) is 0 Å². The third-order valence-corrected chi connectivity index (χ3v) is 2.29. The van der Waals surface area contributed by atoms with Crippen molar-refractivity contribution in [2.45, 2.75) is 0 Å². The Morgan fingerprint density at radius 1 is 1.12 bits per heavy atom. The fourth-order valence-corrected chi connectivity index (χ4v) is 1.49. The molecule has 0 aliphatic carbocycles. The molecule has 0 saturated carbocycles. The Morgan fingerprint density at radius 2 is 1.94 bits per heavy atom. The van der Waals surface area contributed by atoms with Crippen LogP contribution in [0.2, 0.25) is 0 Å². The number of rotatable bonds is 2. The lowest BCUT2D eigenvalue weighted by atomic mass is 10.1. The minimum atomic E-state index is 0.377. The van der Waals surface area contributed by atoms with Gasteiger partial charge < -0.3 is 16.2 Å². The van der Waals surface area contributed by atoms with E-state index >= 15 is 0 Å². The minimum Gasteiger partial charge on any atom is -0.493 e. The molecule has 0 atom stereocenters. The second-order valence-electron chi connectivity index (χ2n) is 3.41. The van der Waals surface area contributed by atoms with Gasteiger partial charge in [-0.2, -0.15) is 0 Å². The van der Waals surface area contributed by atoms with Crippen LogP contribution in [0.5, 0.6) is 5.75 Å². The first-order valence-electron chi connectivity index (χ1n) is 4.87. The zero-order chi connectivity index (χ0) is 11.5. The molecular weight excluding hydrogens is 202 g/mol. The summed E-state index contributed by atoms with van der Waals surface area (Å²) in [6, 6.07) is 11.1. The third-order valence-electron chi connectivity index (χ3n) is 2.29. The quantitative estimate of drug-likeness (QED) is 0.750. The number of ether oxygens (including phenoxy) is 1. The molecule has 0 spiro atoms. The summed E-state index contributed by atoms with van der Waals surface area (Å²) in [7, 11) is 1.56. The summed E-state index contributed by atoms with van der Waals surface area (Å²) in [5.74, 6) is 0.954. The summed E-state index contributed by atoms with van der Waals surface area (Å²) in [6.07, 6.45) is 0. The van der Waals surface area contributed by atoms with E-state index in [1.807, 2.05) is 30.3 Å². The molecule has 0 radical (unpaired) electrons. The first-order chi connectivity index (χ1) is 7.70. The molecule has 0 unspecified atom stereocenters. The normalized spacial score (nSPS) is 10.1. The number of anilines is 2. The van der Waals surface area contributed by atoms with Crippen molar-refractivity contribution < 1.29 is 4.74 Å². The van der Waals surface area contributed by atoms with Crippen LogP contribution in [0.3, 0.4) is 0 Å². The Balaban J connectivity index is 2.45. The van der Waals surface area contributed by atoms with Crippen LogP contribution in [0, 0.1) is 0 Å². The minimum absolute atomic E-state index is 0.377. The van der Waals surface area contributed by atoms with Crippen LogP contribution in [0.15, 0.2) is 36.4 Å². The fourth-order valence-electron chi connectivity index (χ4n) is 1.49. The third kappa shape index (κ3) is 1.91. The van der Waals surface area contributed by atoms with E-state index in [2.05, 4.69) is 4.98 Å². The van der Waals surface area contributed by atoms with Gasteiger partial charge in [0, 0.05) is 11.3 Å². The number of nitrogens with zero attached hydrogens (tertiary/aromatic N) is 1. The molecule has 0 saturated heterocycles. The molecule has 2 rings (SSSR count). The molecule has 0 bridgehead atoms. The van der Waals surface area contributed by atoms with Crippen LogP contribution < -0.4 is 16.2 Å². The van der Waals surface area contributed by atoms with E-state index in [4.69, 9.17) is 16.2 Å². The predicted molar refractivity (Wildman–Crippen MR) is 65.0 cm³/mol. The van der Waals surface area contributed by atoms with E-state index in [1.54, 1.807) is 13.2 Å². The van der Waals surface area contributed by atoms with Crippen molar-refractivity contribution in [1.29, 1.82) is 0 Å². The van der Waals surface area contributed by atoms with Crippen molar-refractivity contribution in [3.8, 4) is 17.0 Å². The van der Waals surface area contributed by atoms with Crippen LogP contribution in [0.25, 0.3) is 11.3 Å². The zero-order valence-electron chi connectivity index (χ0n) is 8.97. The summed E-state index contributed by atoms with van der Waals surface area (Å²) in [5, 5.41) is 0. The van der Waals surface area contributed by atoms with Crippen LogP contribution in [-0.2, 0) is 0 Å². The summed E-state index contributed by atoms with van der Waals surface area (Å²) in [6.45, 7) is 0. The van der Waals surface area contributed by atoms with Crippen molar-refractivity contribution in [2.75, 3.05) is 18.6 Å². The molecule has 0 aliphatic heterocycles. The first kappa shape index (κ1) is 10.3. The first-order valence-corrected chi connectivity index (χ1v) is 4.87. The van der Waals surface area contributed by atoms with Crippen LogP contribution in [-0.4, -0.2) is 12.1 Å². The molecule has 0 aliphatic rings. The molecule has 0 amide bonds. The number of nitrogens with two attached hydrogens (primary N) is 2. The number of pyridine rings is 1. The van der Waals surface area contributed by atoms with Gasteiger partial charge in [-0.1, -0.05) is 12.1 Å². The van der Waals surface area contributed by atoms with Gasteiger partial charge >= 0.3 is 0 Å². The van der Waals surface area contributed by atoms with Gasteiger partial charge in [0.2, 0.25) is 0 Å². The Labute approximate surface area is 93.9 Å². The van der Waals surface area contributed by atoms with E-state index in [0.29, 0.717) is 17.3 Å². The lowest BCUT2D eigenvalue weighted by molar-refractivity contribution is 0.415. The highest BCUT2D eigenvalue weighted by Crippen LogP contribution is 2.25. The number of hydrogen-bond donors (Lipinski definition) is 2. The van der Waals surface area contributed by atoms with Crippen molar-refractivity contribution in [2.24, 2.45) is 0 Å². The number of benzene rings is 1. The van der Waals surface area contributed by atoms with Crippen LogP contribution >= 0.6 is 0 Å². The highest BCUT2D eigenvalue weighted by Gasteiger charge is 2.04. The van der Waals surface area contributed by atoms with Gasteiger partial charge in [-0.05, 0) is 24.3 Å². The standard InChI is InChI=1S/C12H13N3O/c1-16-11-6-5-10(15-12(11)14)8-3-2-4-9(13)7-8/h2-7H,13H2,1H3,(H2,14,15). The molecular formula is C12H13N3O. The number of hydrogen-bond acceptors (Lipinski definition) is 4. The predicted octanol–water partition coefficient (Wildman–Crippen LogP) is 1.92. The summed E-state index contributed by atoms with van der Waals surface area (Å²) < 4.78 is 5.05. The van der Waals surface area contributed by atoms with Crippen molar-refractivity contribution >= 4 is 11.5 Å². The highest BCUT2D eigenvalue weighted by atomic mass is 16.5. The van der Waals surface area contributed by atoms with E-state index < -0.39 is 0 Å². The molecule has 1 aromatic carbocycles. The number of methoxy groups -OCH3 is 1. The Morgan fingerprint density at radius 3 is 2.56 bits per heavy atom. The SMILES string of the molecule is COc1ccc(-c2cccc(N)c2)nc1N. The largest absolute Gasteiger partial charge is 0.493 e. The maximum atomic E-state index is 5.74. The van der Waals surface area contributed by atoms with Crippen molar-refractivity contribution in [1.82, 2.24) is 4.98 Å². The number of nitrogen functional groups attached to an aromatic ring is 2. The Bertz CT molecular complexity index is 511. The lowest BCUT2D eigenvalue weighted by Crippen LogP contribution is -1.97. The molecule has 82 valence electrons.